The van der Waals surface area contributed by atoms with Gasteiger partial charge in [-0.2, -0.15) is 0 Å². The zero-order chi connectivity index (χ0) is 16.8. The van der Waals surface area contributed by atoms with Gasteiger partial charge in [0.15, 0.2) is 0 Å². The smallest absolute Gasteiger partial charge is 0.255 e. The average molecular weight is 321 g/mol. The molecule has 0 aliphatic carbocycles. The van der Waals surface area contributed by atoms with Crippen molar-refractivity contribution in [1.82, 2.24) is 9.88 Å². The summed E-state index contributed by atoms with van der Waals surface area (Å²) in [7, 11) is 0. The first-order valence-electron chi connectivity index (χ1n) is 8.02. The van der Waals surface area contributed by atoms with Gasteiger partial charge in [-0.1, -0.05) is 18.2 Å². The van der Waals surface area contributed by atoms with Gasteiger partial charge >= 0.3 is 0 Å². The summed E-state index contributed by atoms with van der Waals surface area (Å²) in [5.74, 6) is -0.320. The number of carbonyl (C=O) groups excluding carboxylic acids is 2. The van der Waals surface area contributed by atoms with E-state index in [0.29, 0.717) is 16.9 Å². The Morgan fingerprint density at radius 1 is 1.04 bits per heavy atom. The van der Waals surface area contributed by atoms with E-state index in [9.17, 15) is 9.59 Å². The summed E-state index contributed by atoms with van der Waals surface area (Å²) in [5, 5.41) is 2.78. The van der Waals surface area contributed by atoms with Crippen LogP contribution in [0, 0.1) is 0 Å². The van der Waals surface area contributed by atoms with Crippen molar-refractivity contribution in [2.45, 2.75) is 12.8 Å². The Morgan fingerprint density at radius 3 is 2.54 bits per heavy atom. The molecule has 0 spiro atoms. The molecule has 3 rings (SSSR count). The van der Waals surface area contributed by atoms with Crippen LogP contribution < -0.4 is 5.32 Å². The largest absolute Gasteiger partial charge is 0.339 e. The minimum atomic E-state index is -0.290. The fraction of sp³-hybridized carbons (Fsp3) is 0.211. The van der Waals surface area contributed by atoms with Crippen LogP contribution in [0.1, 0.15) is 28.9 Å². The van der Waals surface area contributed by atoms with Gasteiger partial charge in [-0.25, -0.2) is 0 Å². The average Bonchev–Trinajstić information content (AvgIpc) is 3.15. The first-order valence-corrected chi connectivity index (χ1v) is 8.02. The Hall–Kier alpha value is -2.95. The lowest BCUT2D eigenvalue weighted by Crippen LogP contribution is -2.28. The predicted molar refractivity (Wildman–Crippen MR) is 93.5 cm³/mol. The highest BCUT2D eigenvalue weighted by atomic mass is 16.2. The first kappa shape index (κ1) is 15.9. The molecule has 1 aliphatic heterocycles. The number of amides is 2. The summed E-state index contributed by atoms with van der Waals surface area (Å²) in [5.41, 5.74) is 1.76. The molecule has 0 unspecified atom stereocenters. The van der Waals surface area contributed by atoms with Crippen LogP contribution in [0.15, 0.2) is 54.7 Å². The Morgan fingerprint density at radius 2 is 1.79 bits per heavy atom. The van der Waals surface area contributed by atoms with Crippen LogP contribution in [-0.2, 0) is 4.79 Å². The number of para-hydroxylation sites is 1. The molecule has 5 heteroatoms. The van der Waals surface area contributed by atoms with Crippen LogP contribution in [0.4, 0.5) is 5.69 Å². The number of hydrogen-bond donors (Lipinski definition) is 1. The van der Waals surface area contributed by atoms with Crippen molar-refractivity contribution in [3.63, 3.8) is 0 Å². The van der Waals surface area contributed by atoms with Gasteiger partial charge < -0.3 is 10.2 Å². The highest BCUT2D eigenvalue weighted by Gasteiger charge is 2.21. The number of aromatic nitrogens is 1. The maximum Gasteiger partial charge on any atom is 0.255 e. The van der Waals surface area contributed by atoms with Gasteiger partial charge in [-0.05, 0) is 43.2 Å². The van der Waals surface area contributed by atoms with Crippen molar-refractivity contribution in [3.05, 3.63) is 66.0 Å². The third-order valence-electron chi connectivity index (χ3n) is 3.90. The molecule has 1 N–H and O–H groups in total. The van der Waals surface area contributed by atoms with Crippen molar-refractivity contribution in [2.75, 3.05) is 18.4 Å². The van der Waals surface area contributed by atoms with E-state index in [1.807, 2.05) is 29.2 Å². The molecule has 0 saturated carbocycles. The van der Waals surface area contributed by atoms with E-state index >= 15 is 0 Å². The Labute approximate surface area is 141 Å². The molecule has 122 valence electrons. The quantitative estimate of drug-likeness (QED) is 0.881. The molecule has 1 saturated heterocycles. The number of benzene rings is 1. The molecular weight excluding hydrogens is 302 g/mol. The van der Waals surface area contributed by atoms with Crippen LogP contribution in [0.3, 0.4) is 0 Å². The van der Waals surface area contributed by atoms with Crippen LogP contribution in [0.5, 0.6) is 0 Å². The van der Waals surface area contributed by atoms with Crippen molar-refractivity contribution in [3.8, 4) is 0 Å². The number of hydrogen-bond acceptors (Lipinski definition) is 3. The maximum absolute atomic E-state index is 12.6. The van der Waals surface area contributed by atoms with Gasteiger partial charge in [-0.3, -0.25) is 14.6 Å². The molecule has 1 aliphatic rings. The number of likely N-dealkylation sites (tertiary alicyclic amines) is 1. The zero-order valence-electron chi connectivity index (χ0n) is 13.3. The first-order chi connectivity index (χ1) is 11.7. The van der Waals surface area contributed by atoms with E-state index in [2.05, 4.69) is 10.3 Å². The molecule has 24 heavy (non-hydrogen) atoms. The monoisotopic (exact) mass is 321 g/mol. The second-order valence-corrected chi connectivity index (χ2v) is 5.62. The van der Waals surface area contributed by atoms with E-state index < -0.39 is 0 Å². The summed E-state index contributed by atoms with van der Waals surface area (Å²) >= 11 is 0. The number of carbonyl (C=O) groups is 2. The molecule has 0 radical (unpaired) electrons. The van der Waals surface area contributed by atoms with E-state index in [1.165, 1.54) is 6.08 Å². The molecule has 2 heterocycles. The SMILES string of the molecule is O=C(/C=C/c1ccccn1)Nc1ccccc1C(=O)N1CCCC1. The van der Waals surface area contributed by atoms with Crippen molar-refractivity contribution >= 4 is 23.6 Å². The summed E-state index contributed by atoms with van der Waals surface area (Å²) in [6, 6.07) is 12.6. The second kappa shape index (κ2) is 7.55. The topological polar surface area (TPSA) is 62.3 Å². The Kier molecular flexibility index (Phi) is 5.01. The highest BCUT2D eigenvalue weighted by molar-refractivity contribution is 6.07. The normalized spacial score (nSPS) is 14.1. The van der Waals surface area contributed by atoms with Gasteiger partial charge in [0.2, 0.25) is 5.91 Å². The van der Waals surface area contributed by atoms with E-state index in [0.717, 1.165) is 25.9 Å². The lowest BCUT2D eigenvalue weighted by Gasteiger charge is -2.17. The number of rotatable bonds is 4. The van der Waals surface area contributed by atoms with Gasteiger partial charge in [-0.15, -0.1) is 0 Å². The molecule has 1 fully saturated rings. The lowest BCUT2D eigenvalue weighted by molar-refractivity contribution is -0.111. The van der Waals surface area contributed by atoms with Crippen molar-refractivity contribution in [2.24, 2.45) is 0 Å². The summed E-state index contributed by atoms with van der Waals surface area (Å²) in [6.45, 7) is 1.56. The van der Waals surface area contributed by atoms with Crippen LogP contribution in [0.2, 0.25) is 0 Å². The van der Waals surface area contributed by atoms with E-state index in [-0.39, 0.29) is 11.8 Å². The molecule has 5 nitrogen and oxygen atoms in total. The fourth-order valence-corrected chi connectivity index (χ4v) is 2.68. The zero-order valence-corrected chi connectivity index (χ0v) is 13.3. The van der Waals surface area contributed by atoms with E-state index in [4.69, 9.17) is 0 Å². The molecule has 0 atom stereocenters. The molecular formula is C19H19N3O2. The van der Waals surface area contributed by atoms with E-state index in [1.54, 1.807) is 30.5 Å². The molecule has 1 aromatic carbocycles. The lowest BCUT2D eigenvalue weighted by atomic mass is 10.1. The third-order valence-corrected chi connectivity index (χ3v) is 3.90. The fourth-order valence-electron chi connectivity index (χ4n) is 2.68. The number of pyridine rings is 1. The number of anilines is 1. The van der Waals surface area contributed by atoms with Crippen molar-refractivity contribution < 1.29 is 9.59 Å². The standard InChI is InChI=1S/C19H19N3O2/c23-18(11-10-15-7-3-4-12-20-15)21-17-9-2-1-8-16(17)19(24)22-13-5-6-14-22/h1-4,7-12H,5-6,13-14H2,(H,21,23)/b11-10+. The molecule has 2 aromatic rings. The van der Waals surface area contributed by atoms with Gasteiger partial charge in [0, 0.05) is 25.4 Å². The van der Waals surface area contributed by atoms with Gasteiger partial charge in [0.1, 0.15) is 0 Å². The third kappa shape index (κ3) is 3.87. The molecule has 0 bridgehead atoms. The summed E-state index contributed by atoms with van der Waals surface area (Å²) in [6.07, 6.45) is 6.79. The van der Waals surface area contributed by atoms with Gasteiger partial charge in [0.05, 0.1) is 16.9 Å². The minimum Gasteiger partial charge on any atom is -0.339 e. The summed E-state index contributed by atoms with van der Waals surface area (Å²) in [4.78, 5) is 30.7. The van der Waals surface area contributed by atoms with Crippen LogP contribution in [0.25, 0.3) is 6.08 Å². The maximum atomic E-state index is 12.6. The predicted octanol–water partition coefficient (Wildman–Crippen LogP) is 2.97. The minimum absolute atomic E-state index is 0.0305. The van der Waals surface area contributed by atoms with Gasteiger partial charge in [0.25, 0.3) is 5.91 Å². The Bertz CT molecular complexity index is 750. The van der Waals surface area contributed by atoms with Crippen LogP contribution in [-0.4, -0.2) is 34.8 Å². The molecule has 1 aromatic heterocycles. The number of nitrogens with zero attached hydrogens (tertiary/aromatic N) is 2. The van der Waals surface area contributed by atoms with Crippen LogP contribution >= 0.6 is 0 Å². The van der Waals surface area contributed by atoms with Crippen molar-refractivity contribution in [1.29, 1.82) is 0 Å². The number of nitrogens with one attached hydrogen (secondary N) is 1. The highest BCUT2D eigenvalue weighted by Crippen LogP contribution is 2.20. The summed E-state index contributed by atoms with van der Waals surface area (Å²) < 4.78 is 0. The second-order valence-electron chi connectivity index (χ2n) is 5.62. The molecule has 2 amide bonds. The Balaban J connectivity index is 1.72.